The Hall–Kier alpha value is -1.51. The molecule has 0 radical (unpaired) electrons. The van der Waals surface area contributed by atoms with E-state index in [-0.39, 0.29) is 0 Å². The van der Waals surface area contributed by atoms with Crippen molar-refractivity contribution < 1.29 is 19.4 Å². The molecule has 0 aromatic carbocycles. The molecular weight excluding hydrogens is 468 g/mol. The Morgan fingerprint density at radius 1 is 1.46 bits per heavy atom. The molecule has 3 N–H and O–H groups in total. The molecule has 1 aliphatic rings. The fraction of sp³-hybridized carbons (Fsp3) is 0.368. The van der Waals surface area contributed by atoms with Gasteiger partial charge in [0, 0.05) is 0 Å². The average molecular weight is 494 g/mol. The van der Waals surface area contributed by atoms with Crippen LogP contribution in [0.25, 0.3) is 5.57 Å². The van der Waals surface area contributed by atoms with Crippen molar-refractivity contribution in [3.63, 3.8) is 0 Å². The molecule has 0 fully saturated rings. The quantitative estimate of drug-likeness (QED) is 0.639. The predicted molar refractivity (Wildman–Crippen MR) is 97.5 cm³/mol. The Bertz CT molecular complexity index is 674. The molecule has 2 rings (SSSR count). The van der Waals surface area contributed by atoms with E-state index >= 15 is 0 Å². The summed E-state index contributed by atoms with van der Waals surface area (Å²) in [5.74, 6) is 0. The van der Waals surface area contributed by atoms with E-state index in [1.54, 1.807) is 6.20 Å². The summed E-state index contributed by atoms with van der Waals surface area (Å²) in [7, 11) is 0. The van der Waals surface area contributed by atoms with Gasteiger partial charge < -0.3 is 0 Å². The van der Waals surface area contributed by atoms with Crippen LogP contribution in [-0.2, 0) is 19.4 Å². The van der Waals surface area contributed by atoms with Crippen molar-refractivity contribution in [2.75, 3.05) is 13.1 Å². The maximum absolute atomic E-state index is 5.90. The minimum absolute atomic E-state index is 0.935. The number of nitrogens with one attached hydrogen (secondary N) is 1. The molecule has 1 aromatic heterocycles. The molecule has 0 unspecified atom stereocenters. The molecule has 1 aromatic rings. The van der Waals surface area contributed by atoms with Crippen molar-refractivity contribution in [1.29, 1.82) is 0 Å². The van der Waals surface area contributed by atoms with Gasteiger partial charge >= 0.3 is 156 Å². The van der Waals surface area contributed by atoms with Crippen molar-refractivity contribution in [3.8, 4) is 0 Å². The number of hydrogen-bond acceptors (Lipinski definition) is 4. The Morgan fingerprint density at radius 3 is 2.83 bits per heavy atom. The predicted octanol–water partition coefficient (Wildman–Crippen LogP) is 2.94. The van der Waals surface area contributed by atoms with Gasteiger partial charge in [0.2, 0.25) is 0 Å². The number of allylic oxidation sites excluding steroid dienone is 1. The molecule has 0 spiro atoms. The number of rotatable bonds is 6. The molecule has 2 heterocycles. The van der Waals surface area contributed by atoms with Crippen LogP contribution in [0.1, 0.15) is 39.3 Å². The van der Waals surface area contributed by atoms with Crippen LogP contribution in [0, 0.1) is 0 Å². The van der Waals surface area contributed by atoms with E-state index in [9.17, 15) is 0 Å². The van der Waals surface area contributed by atoms with Gasteiger partial charge in [-0.3, -0.25) is 0 Å². The zero-order valence-electron chi connectivity index (χ0n) is 14.7. The van der Waals surface area contributed by atoms with E-state index in [0.29, 0.717) is 0 Å². The first-order chi connectivity index (χ1) is 11.6. The van der Waals surface area contributed by atoms with Gasteiger partial charge in [-0.05, 0) is 0 Å². The van der Waals surface area contributed by atoms with Crippen LogP contribution in [0.2, 0.25) is 0 Å². The molecule has 1 aliphatic heterocycles. The number of pyridine rings is 1. The van der Waals surface area contributed by atoms with Crippen molar-refractivity contribution in [1.82, 2.24) is 15.2 Å². The first-order valence-corrected chi connectivity index (χ1v) is 9.76. The van der Waals surface area contributed by atoms with Crippen LogP contribution >= 0.6 is 0 Å². The molecule has 128 valence electrons. The fourth-order valence-corrected chi connectivity index (χ4v) is 3.74. The van der Waals surface area contributed by atoms with E-state index in [2.05, 4.69) is 42.2 Å². The zero-order valence-corrected chi connectivity index (χ0v) is 17.6. The second kappa shape index (κ2) is 9.10. The third-order valence-corrected chi connectivity index (χ3v) is 5.97. The molecular formula is C19H26N4W. The second-order valence-corrected chi connectivity index (χ2v) is 7.41. The van der Waals surface area contributed by atoms with Gasteiger partial charge in [-0.15, -0.1) is 0 Å². The van der Waals surface area contributed by atoms with E-state index in [0.717, 1.165) is 37.2 Å². The summed E-state index contributed by atoms with van der Waals surface area (Å²) in [4.78, 5) is 6.86. The third kappa shape index (κ3) is 4.75. The molecule has 0 aliphatic carbocycles. The summed E-state index contributed by atoms with van der Waals surface area (Å²) in [6.45, 7) is 8.48. The van der Waals surface area contributed by atoms with Crippen LogP contribution in [0.15, 0.2) is 53.6 Å². The molecule has 0 amide bonds. The Kier molecular flexibility index (Phi) is 7.13. The second-order valence-electron chi connectivity index (χ2n) is 6.02. The van der Waals surface area contributed by atoms with Gasteiger partial charge in [0.1, 0.15) is 0 Å². The van der Waals surface area contributed by atoms with Gasteiger partial charge in [0.05, 0.1) is 0 Å². The summed E-state index contributed by atoms with van der Waals surface area (Å²) in [5, 5.41) is 3.49. The third-order valence-electron chi connectivity index (χ3n) is 4.25. The van der Waals surface area contributed by atoms with E-state index in [1.807, 2.05) is 24.4 Å². The molecule has 5 heteroatoms. The van der Waals surface area contributed by atoms with Crippen molar-refractivity contribution in [2.24, 2.45) is 5.73 Å². The van der Waals surface area contributed by atoms with Crippen LogP contribution in [0.3, 0.4) is 0 Å². The summed E-state index contributed by atoms with van der Waals surface area (Å²) in [6, 6.07) is 5.94. The molecule has 4 nitrogen and oxygen atoms in total. The first kappa shape index (κ1) is 18.8. The van der Waals surface area contributed by atoms with E-state index in [1.165, 1.54) is 40.2 Å². The molecule has 24 heavy (non-hydrogen) atoms. The van der Waals surface area contributed by atoms with Crippen LogP contribution in [-0.4, -0.2) is 27.0 Å². The first-order valence-electron chi connectivity index (χ1n) is 8.30. The topological polar surface area (TPSA) is 54.2 Å². The molecule has 0 bridgehead atoms. The van der Waals surface area contributed by atoms with Gasteiger partial charge in [0.15, 0.2) is 0 Å². The standard InChI is InChI=1S/C19H26N4.W/c1-4-15(2)12-22-18-8-10-23(13-16(18)3)14-17(11-20)19-7-5-6-9-21-19;/h5-7,9,11-12,22H,4,8,10,13,20H2,1-3H3;/b15-12?,17-11-;. The minimum atomic E-state index is 0.935. The summed E-state index contributed by atoms with van der Waals surface area (Å²) in [6.07, 6.45) is 7.74. The van der Waals surface area contributed by atoms with E-state index < -0.39 is 0 Å². The zero-order chi connectivity index (χ0) is 17.5. The fourth-order valence-electron chi connectivity index (χ4n) is 2.56. The number of nitrogens with two attached hydrogens (primary N) is 1. The Morgan fingerprint density at radius 2 is 2.25 bits per heavy atom. The Labute approximate surface area is 155 Å². The number of aromatic nitrogens is 1. The van der Waals surface area contributed by atoms with Crippen LogP contribution in [0.5, 0.6) is 0 Å². The van der Waals surface area contributed by atoms with Gasteiger partial charge in [-0.2, -0.15) is 0 Å². The van der Waals surface area contributed by atoms with Crippen molar-refractivity contribution in [3.05, 3.63) is 59.3 Å². The SMILES string of the molecule is CCC(C)=CNC1=C(C)CN([C](=[W])/C(=C/N)c2ccccn2)CC1. The average Bonchev–Trinajstić information content (AvgIpc) is 2.61. The number of nitrogens with zero attached hydrogens (tertiary/aromatic N) is 2. The molecule has 0 saturated carbocycles. The van der Waals surface area contributed by atoms with Crippen LogP contribution in [0.4, 0.5) is 0 Å². The van der Waals surface area contributed by atoms with E-state index in [4.69, 9.17) is 5.73 Å². The summed E-state index contributed by atoms with van der Waals surface area (Å²) < 4.78 is 1.26. The maximum atomic E-state index is 5.90. The van der Waals surface area contributed by atoms with Crippen LogP contribution < -0.4 is 11.1 Å². The number of hydrogen-bond donors (Lipinski definition) is 2. The van der Waals surface area contributed by atoms with Gasteiger partial charge in [-0.1, -0.05) is 0 Å². The van der Waals surface area contributed by atoms with Crippen molar-refractivity contribution in [2.45, 2.75) is 33.6 Å². The molecule has 0 atom stereocenters. The summed E-state index contributed by atoms with van der Waals surface area (Å²) >= 11 is 1.42. The Balaban J connectivity index is 2.10. The monoisotopic (exact) mass is 494 g/mol. The summed E-state index contributed by atoms with van der Waals surface area (Å²) in [5.41, 5.74) is 12.0. The van der Waals surface area contributed by atoms with Gasteiger partial charge in [-0.25, -0.2) is 0 Å². The normalized spacial score (nSPS) is 17.1. The van der Waals surface area contributed by atoms with Crippen molar-refractivity contribution >= 4 is 9.59 Å². The van der Waals surface area contributed by atoms with Gasteiger partial charge in [0.25, 0.3) is 0 Å². The molecule has 0 saturated heterocycles.